The highest BCUT2D eigenvalue weighted by Gasteiger charge is 2.29. The molecule has 3 aromatic rings. The number of benzene rings is 1. The Hall–Kier alpha value is -2.32. The average Bonchev–Trinajstić information content (AvgIpc) is 3.17. The van der Waals surface area contributed by atoms with E-state index in [-0.39, 0.29) is 11.9 Å². The Labute approximate surface area is 163 Å². The van der Waals surface area contributed by atoms with E-state index >= 15 is 0 Å². The second-order valence-electron chi connectivity index (χ2n) is 6.11. The van der Waals surface area contributed by atoms with E-state index in [0.717, 1.165) is 23.5 Å². The summed E-state index contributed by atoms with van der Waals surface area (Å²) in [6.07, 6.45) is 0. The van der Waals surface area contributed by atoms with E-state index in [4.69, 9.17) is 9.47 Å². The number of aryl methyl sites for hydroxylation is 1. The van der Waals surface area contributed by atoms with Gasteiger partial charge in [-0.1, -0.05) is 31.3 Å². The monoisotopic (exact) mass is 390 g/mol. The van der Waals surface area contributed by atoms with Crippen molar-refractivity contribution in [2.75, 3.05) is 26.8 Å². The molecule has 0 fully saturated rings. The van der Waals surface area contributed by atoms with Crippen LogP contribution in [0.1, 0.15) is 43.1 Å². The van der Waals surface area contributed by atoms with Crippen molar-refractivity contribution in [2.24, 2.45) is 0 Å². The summed E-state index contributed by atoms with van der Waals surface area (Å²) in [6, 6.07) is 5.80. The number of hydrogen-bond donors (Lipinski definition) is 1. The molecule has 1 aromatic carbocycles. The molecule has 0 bridgehead atoms. The first-order valence-electron chi connectivity index (χ1n) is 9.13. The highest BCUT2D eigenvalue weighted by molar-refractivity contribution is 7.17. The summed E-state index contributed by atoms with van der Waals surface area (Å²) in [7, 11) is 1.63. The zero-order chi connectivity index (χ0) is 19.6. The lowest BCUT2D eigenvalue weighted by atomic mass is 10.0. The number of thiazole rings is 1. The first-order valence-corrected chi connectivity index (χ1v) is 9.95. The zero-order valence-electron chi connectivity index (χ0n) is 16.4. The van der Waals surface area contributed by atoms with E-state index in [1.54, 1.807) is 7.11 Å². The maximum atomic E-state index is 10.8. The molecule has 27 heavy (non-hydrogen) atoms. The third-order valence-electron chi connectivity index (χ3n) is 4.53. The fourth-order valence-corrected chi connectivity index (χ4v) is 4.44. The van der Waals surface area contributed by atoms with Gasteiger partial charge in [0.1, 0.15) is 5.82 Å². The van der Waals surface area contributed by atoms with Gasteiger partial charge in [0.2, 0.25) is 10.8 Å². The van der Waals surface area contributed by atoms with Gasteiger partial charge in [-0.3, -0.25) is 4.90 Å². The van der Waals surface area contributed by atoms with Crippen LogP contribution in [0, 0.1) is 6.92 Å². The number of aromatic nitrogens is 3. The molecular weight excluding hydrogens is 364 g/mol. The maximum Gasteiger partial charge on any atom is 0.230 e. The second kappa shape index (κ2) is 8.14. The molecule has 0 aliphatic carbocycles. The van der Waals surface area contributed by atoms with E-state index in [0.29, 0.717) is 28.9 Å². The van der Waals surface area contributed by atoms with Gasteiger partial charge >= 0.3 is 0 Å². The minimum Gasteiger partial charge on any atom is -0.493 e. The molecular formula is C19H26N4O3S. The molecule has 0 saturated carbocycles. The summed E-state index contributed by atoms with van der Waals surface area (Å²) in [4.78, 5) is 8.20. The first-order chi connectivity index (χ1) is 13.0. The lowest BCUT2D eigenvalue weighted by Gasteiger charge is -2.29. The topological polar surface area (TPSA) is 72.1 Å². The van der Waals surface area contributed by atoms with E-state index in [1.165, 1.54) is 15.9 Å². The van der Waals surface area contributed by atoms with Gasteiger partial charge in [0.15, 0.2) is 11.5 Å². The largest absolute Gasteiger partial charge is 0.493 e. The van der Waals surface area contributed by atoms with Gasteiger partial charge in [0.25, 0.3) is 0 Å². The number of ether oxygens (including phenoxy) is 2. The lowest BCUT2D eigenvalue weighted by Crippen LogP contribution is -2.29. The van der Waals surface area contributed by atoms with Crippen LogP contribution in [0.25, 0.3) is 4.96 Å². The van der Waals surface area contributed by atoms with Crippen molar-refractivity contribution in [2.45, 2.75) is 33.7 Å². The van der Waals surface area contributed by atoms with Gasteiger partial charge in [-0.25, -0.2) is 4.98 Å². The van der Waals surface area contributed by atoms with Crippen LogP contribution >= 0.6 is 11.3 Å². The summed E-state index contributed by atoms with van der Waals surface area (Å²) in [5.41, 5.74) is 1.03. The Bertz CT molecular complexity index is 917. The fraction of sp³-hybridized carbons (Fsp3) is 0.474. The summed E-state index contributed by atoms with van der Waals surface area (Å²) in [5.74, 6) is 2.18. The summed E-state index contributed by atoms with van der Waals surface area (Å²) in [5, 5.41) is 15.1. The smallest absolute Gasteiger partial charge is 0.230 e. The molecule has 0 aliphatic heterocycles. The molecule has 0 radical (unpaired) electrons. The molecule has 2 aromatic heterocycles. The van der Waals surface area contributed by atoms with Crippen LogP contribution in [0.4, 0.5) is 0 Å². The molecule has 7 nitrogen and oxygen atoms in total. The van der Waals surface area contributed by atoms with Gasteiger partial charge in [0, 0.05) is 0 Å². The standard InChI is InChI=1S/C19H26N4O3S/c1-6-22(7-2)16(13-9-10-14(25-5)15(11-13)26-8-3)17-18(24)23-19(27-17)20-12(4)21-23/h9-11,16,24H,6-8H2,1-5H3. The Morgan fingerprint density at radius 1 is 1.22 bits per heavy atom. The fourth-order valence-electron chi connectivity index (χ4n) is 3.27. The van der Waals surface area contributed by atoms with Crippen LogP contribution < -0.4 is 9.47 Å². The van der Waals surface area contributed by atoms with Crippen molar-refractivity contribution in [3.63, 3.8) is 0 Å². The van der Waals surface area contributed by atoms with E-state index in [9.17, 15) is 5.11 Å². The average molecular weight is 391 g/mol. The Kier molecular flexibility index (Phi) is 5.86. The van der Waals surface area contributed by atoms with Gasteiger partial charge in [-0.05, 0) is 44.6 Å². The van der Waals surface area contributed by atoms with E-state index < -0.39 is 0 Å². The zero-order valence-corrected chi connectivity index (χ0v) is 17.2. The van der Waals surface area contributed by atoms with Crippen molar-refractivity contribution < 1.29 is 14.6 Å². The third-order valence-corrected chi connectivity index (χ3v) is 5.61. The first kappa shape index (κ1) is 19.4. The van der Waals surface area contributed by atoms with Crippen LogP contribution in [0.2, 0.25) is 0 Å². The van der Waals surface area contributed by atoms with Crippen LogP contribution in [0.3, 0.4) is 0 Å². The minimum atomic E-state index is -0.126. The SMILES string of the molecule is CCOc1cc(C(c2sc3nc(C)nn3c2O)N(CC)CC)ccc1OC. The molecule has 3 rings (SSSR count). The molecule has 1 N–H and O–H groups in total. The maximum absolute atomic E-state index is 10.8. The van der Waals surface area contributed by atoms with Crippen LogP contribution in [0.15, 0.2) is 18.2 Å². The van der Waals surface area contributed by atoms with Gasteiger partial charge in [-0.15, -0.1) is 5.10 Å². The molecule has 1 atom stereocenters. The summed E-state index contributed by atoms with van der Waals surface area (Å²) in [6.45, 7) is 10.2. The molecule has 0 amide bonds. The Balaban J connectivity index is 2.15. The predicted octanol–water partition coefficient (Wildman–Crippen LogP) is 3.64. The normalized spacial score (nSPS) is 12.7. The number of hydrogen-bond acceptors (Lipinski definition) is 7. The number of rotatable bonds is 8. The summed E-state index contributed by atoms with van der Waals surface area (Å²) < 4.78 is 12.7. The number of methoxy groups -OCH3 is 1. The van der Waals surface area contributed by atoms with Crippen molar-refractivity contribution in [3.8, 4) is 17.4 Å². The van der Waals surface area contributed by atoms with Crippen LogP contribution in [-0.4, -0.2) is 51.4 Å². The molecule has 0 spiro atoms. The number of aromatic hydroxyl groups is 1. The molecule has 0 saturated heterocycles. The molecule has 2 heterocycles. The molecule has 146 valence electrons. The van der Waals surface area contributed by atoms with Crippen molar-refractivity contribution in [3.05, 3.63) is 34.5 Å². The minimum absolute atomic E-state index is 0.126. The van der Waals surface area contributed by atoms with Gasteiger partial charge in [-0.2, -0.15) is 4.52 Å². The highest BCUT2D eigenvalue weighted by atomic mass is 32.1. The molecule has 1 unspecified atom stereocenters. The highest BCUT2D eigenvalue weighted by Crippen LogP contribution is 2.41. The third kappa shape index (κ3) is 3.59. The quantitative estimate of drug-likeness (QED) is 0.633. The molecule has 0 aliphatic rings. The second-order valence-corrected chi connectivity index (χ2v) is 7.12. The lowest BCUT2D eigenvalue weighted by molar-refractivity contribution is 0.246. The Morgan fingerprint density at radius 2 is 1.96 bits per heavy atom. The van der Waals surface area contributed by atoms with E-state index in [1.807, 2.05) is 32.0 Å². The van der Waals surface area contributed by atoms with E-state index in [2.05, 4.69) is 28.8 Å². The van der Waals surface area contributed by atoms with Crippen LogP contribution in [-0.2, 0) is 0 Å². The predicted molar refractivity (Wildman–Crippen MR) is 106 cm³/mol. The summed E-state index contributed by atoms with van der Waals surface area (Å²) >= 11 is 1.46. The van der Waals surface area contributed by atoms with Gasteiger partial charge in [0.05, 0.1) is 24.6 Å². The number of fused-ring (bicyclic) bond motifs is 1. The number of nitrogens with zero attached hydrogens (tertiary/aromatic N) is 4. The Morgan fingerprint density at radius 3 is 2.56 bits per heavy atom. The van der Waals surface area contributed by atoms with Crippen LogP contribution in [0.5, 0.6) is 17.4 Å². The molecule has 8 heteroatoms. The van der Waals surface area contributed by atoms with Gasteiger partial charge < -0.3 is 14.6 Å². The van der Waals surface area contributed by atoms with Crippen molar-refractivity contribution in [1.29, 1.82) is 0 Å². The van der Waals surface area contributed by atoms with Crippen molar-refractivity contribution >= 4 is 16.3 Å². The van der Waals surface area contributed by atoms with Crippen molar-refractivity contribution in [1.82, 2.24) is 19.5 Å².